The Kier molecular flexibility index (Phi) is 3.50. The van der Waals surface area contributed by atoms with Gasteiger partial charge in [-0.1, -0.05) is 19.9 Å². The van der Waals surface area contributed by atoms with Crippen molar-refractivity contribution >= 4 is 16.9 Å². The van der Waals surface area contributed by atoms with Gasteiger partial charge in [-0.2, -0.15) is 4.98 Å². The molecule has 0 atom stereocenters. The second-order valence-corrected chi connectivity index (χ2v) is 6.27. The van der Waals surface area contributed by atoms with E-state index in [-0.39, 0.29) is 17.8 Å². The number of hydrogen-bond donors (Lipinski definition) is 0. The molecule has 0 aliphatic rings. The van der Waals surface area contributed by atoms with Crippen LogP contribution in [0.1, 0.15) is 19.5 Å². The Balaban J connectivity index is 2.47. The minimum absolute atomic E-state index is 0.181. The summed E-state index contributed by atoms with van der Waals surface area (Å²) < 4.78 is 6.46. The molecule has 3 rings (SSSR count). The van der Waals surface area contributed by atoms with E-state index in [2.05, 4.69) is 30.0 Å². The van der Waals surface area contributed by atoms with Gasteiger partial charge in [0.05, 0.1) is 0 Å². The van der Waals surface area contributed by atoms with Crippen molar-refractivity contribution in [3.05, 3.63) is 45.4 Å². The van der Waals surface area contributed by atoms with E-state index < -0.39 is 0 Å². The summed E-state index contributed by atoms with van der Waals surface area (Å²) in [6.07, 6.45) is 3.44. The van der Waals surface area contributed by atoms with Gasteiger partial charge in [0.2, 0.25) is 5.78 Å². The van der Waals surface area contributed by atoms with Crippen molar-refractivity contribution in [2.24, 2.45) is 13.0 Å². The lowest BCUT2D eigenvalue weighted by Gasteiger charge is -2.08. The van der Waals surface area contributed by atoms with E-state index in [0.717, 1.165) is 12.2 Å². The molecule has 0 bridgehead atoms. The van der Waals surface area contributed by atoms with Crippen LogP contribution in [0.15, 0.2) is 28.4 Å². The molecule has 3 aromatic rings. The van der Waals surface area contributed by atoms with Gasteiger partial charge in [-0.15, -0.1) is 6.58 Å². The van der Waals surface area contributed by atoms with Crippen LogP contribution in [0.4, 0.5) is 0 Å². The molecule has 7 nitrogen and oxygen atoms in total. The molecule has 122 valence electrons. The van der Waals surface area contributed by atoms with E-state index in [1.54, 1.807) is 17.5 Å². The second kappa shape index (κ2) is 5.26. The zero-order valence-corrected chi connectivity index (χ0v) is 13.9. The predicted octanol–water partition coefficient (Wildman–Crippen LogP) is 1.30. The summed E-state index contributed by atoms with van der Waals surface area (Å²) in [4.78, 5) is 29.6. The van der Waals surface area contributed by atoms with Crippen LogP contribution in [0.3, 0.4) is 0 Å². The summed E-state index contributed by atoms with van der Waals surface area (Å²) in [5.41, 5.74) is 1.15. The summed E-state index contributed by atoms with van der Waals surface area (Å²) in [5, 5.41) is 0. The van der Waals surface area contributed by atoms with Crippen LogP contribution < -0.4 is 11.2 Å². The van der Waals surface area contributed by atoms with Gasteiger partial charge in [-0.25, -0.2) is 4.79 Å². The van der Waals surface area contributed by atoms with Crippen molar-refractivity contribution in [1.29, 1.82) is 0 Å². The van der Waals surface area contributed by atoms with Crippen LogP contribution in [0, 0.1) is 12.8 Å². The first-order valence-electron chi connectivity index (χ1n) is 7.65. The molecule has 0 aliphatic heterocycles. The highest BCUT2D eigenvalue weighted by molar-refractivity contribution is 5.75. The number of aryl methyl sites for hydroxylation is 2. The normalized spacial score (nSPS) is 11.9. The van der Waals surface area contributed by atoms with Crippen molar-refractivity contribution in [3.8, 4) is 0 Å². The molecule has 0 saturated heterocycles. The van der Waals surface area contributed by atoms with Gasteiger partial charge < -0.3 is 4.57 Å². The standard InChI is InChI=1S/C16H21N5O2/c1-6-7-19-14(22)12-13(18(5)16(19)23)17-15-20(8-10(2)3)11(4)9-21(12)15/h6,9-10H,1,7-8H2,2-5H3. The first kappa shape index (κ1) is 15.3. The first-order valence-corrected chi connectivity index (χ1v) is 7.65. The van der Waals surface area contributed by atoms with Crippen molar-refractivity contribution in [2.45, 2.75) is 33.9 Å². The molecule has 3 aromatic heterocycles. The lowest BCUT2D eigenvalue weighted by Crippen LogP contribution is -2.39. The molecule has 3 heterocycles. The molecule has 23 heavy (non-hydrogen) atoms. The molecule has 0 amide bonds. The number of fused-ring (bicyclic) bond motifs is 3. The molecule has 0 aliphatic carbocycles. The second-order valence-electron chi connectivity index (χ2n) is 6.27. The van der Waals surface area contributed by atoms with E-state index in [9.17, 15) is 9.59 Å². The van der Waals surface area contributed by atoms with Crippen LogP contribution >= 0.6 is 0 Å². The average molecular weight is 315 g/mol. The van der Waals surface area contributed by atoms with Crippen LogP contribution in [0.5, 0.6) is 0 Å². The molecule has 0 radical (unpaired) electrons. The minimum Gasteiger partial charge on any atom is -0.314 e. The smallest absolute Gasteiger partial charge is 0.314 e. The molecule has 7 heteroatoms. The third kappa shape index (κ3) is 2.15. The van der Waals surface area contributed by atoms with E-state index in [1.165, 1.54) is 9.13 Å². The maximum Gasteiger partial charge on any atom is 0.332 e. The fourth-order valence-corrected chi connectivity index (χ4v) is 2.94. The van der Waals surface area contributed by atoms with Crippen LogP contribution in [-0.4, -0.2) is 23.1 Å². The number of aromatic nitrogens is 5. The Morgan fingerprint density at radius 3 is 2.61 bits per heavy atom. The van der Waals surface area contributed by atoms with Gasteiger partial charge in [-0.3, -0.25) is 18.3 Å². The van der Waals surface area contributed by atoms with Gasteiger partial charge in [-0.05, 0) is 12.8 Å². The minimum atomic E-state index is -0.379. The summed E-state index contributed by atoms with van der Waals surface area (Å²) in [6, 6.07) is 0. The highest BCUT2D eigenvalue weighted by Gasteiger charge is 2.19. The Morgan fingerprint density at radius 1 is 1.30 bits per heavy atom. The maximum atomic E-state index is 12.7. The summed E-state index contributed by atoms with van der Waals surface area (Å²) in [7, 11) is 1.63. The molecule has 0 unspecified atom stereocenters. The first-order chi connectivity index (χ1) is 10.9. The lowest BCUT2D eigenvalue weighted by molar-refractivity contribution is 0.524. The van der Waals surface area contributed by atoms with Crippen LogP contribution in [0.2, 0.25) is 0 Å². The maximum absolute atomic E-state index is 12.7. The van der Waals surface area contributed by atoms with Gasteiger partial charge >= 0.3 is 5.69 Å². The average Bonchev–Trinajstić information content (AvgIpc) is 2.98. The predicted molar refractivity (Wildman–Crippen MR) is 90.0 cm³/mol. The summed E-state index contributed by atoms with van der Waals surface area (Å²) in [6.45, 7) is 10.9. The molecule has 0 aromatic carbocycles. The van der Waals surface area contributed by atoms with E-state index >= 15 is 0 Å². The molecular formula is C16H21N5O2. The Hall–Kier alpha value is -2.57. The molecule has 0 N–H and O–H groups in total. The van der Waals surface area contributed by atoms with E-state index in [0.29, 0.717) is 22.9 Å². The third-order valence-corrected chi connectivity index (χ3v) is 4.00. The Labute approximate surface area is 133 Å². The quantitative estimate of drug-likeness (QED) is 0.682. The van der Waals surface area contributed by atoms with Gasteiger partial charge in [0.15, 0.2) is 11.2 Å². The molecule has 0 fully saturated rings. The van der Waals surface area contributed by atoms with Crippen molar-refractivity contribution < 1.29 is 0 Å². The zero-order valence-electron chi connectivity index (χ0n) is 13.9. The van der Waals surface area contributed by atoms with Crippen molar-refractivity contribution in [1.82, 2.24) is 23.1 Å². The van der Waals surface area contributed by atoms with Gasteiger partial charge in [0.1, 0.15) is 0 Å². The Morgan fingerprint density at radius 2 is 2.00 bits per heavy atom. The van der Waals surface area contributed by atoms with Gasteiger partial charge in [0, 0.05) is 32.0 Å². The highest BCUT2D eigenvalue weighted by atomic mass is 16.2. The third-order valence-electron chi connectivity index (χ3n) is 4.00. The van der Waals surface area contributed by atoms with Crippen LogP contribution in [-0.2, 0) is 20.1 Å². The molecule has 0 spiro atoms. The van der Waals surface area contributed by atoms with Crippen molar-refractivity contribution in [3.63, 3.8) is 0 Å². The van der Waals surface area contributed by atoms with E-state index in [4.69, 9.17) is 0 Å². The Bertz CT molecular complexity index is 1030. The lowest BCUT2D eigenvalue weighted by atomic mass is 10.2. The number of nitrogens with zero attached hydrogens (tertiary/aromatic N) is 5. The van der Waals surface area contributed by atoms with E-state index in [1.807, 2.05) is 13.1 Å². The molecular weight excluding hydrogens is 294 g/mol. The largest absolute Gasteiger partial charge is 0.332 e. The number of imidazole rings is 2. The van der Waals surface area contributed by atoms with Crippen molar-refractivity contribution in [2.75, 3.05) is 0 Å². The number of hydrogen-bond acceptors (Lipinski definition) is 3. The SMILES string of the molecule is C=CCn1c(=O)c2c(nc3n(CC(C)C)c(C)cn23)n(C)c1=O. The summed E-state index contributed by atoms with van der Waals surface area (Å²) in [5.74, 6) is 1.14. The monoisotopic (exact) mass is 315 g/mol. The molecule has 0 saturated carbocycles. The van der Waals surface area contributed by atoms with Crippen LogP contribution in [0.25, 0.3) is 16.9 Å². The number of allylic oxidation sites excluding steroid dienone is 1. The highest BCUT2D eigenvalue weighted by Crippen LogP contribution is 2.17. The zero-order chi connectivity index (χ0) is 16.9. The van der Waals surface area contributed by atoms with Gasteiger partial charge in [0.25, 0.3) is 5.56 Å². The number of rotatable bonds is 4. The summed E-state index contributed by atoms with van der Waals surface area (Å²) >= 11 is 0. The fraction of sp³-hybridized carbons (Fsp3) is 0.438. The fourth-order valence-electron chi connectivity index (χ4n) is 2.94. The topological polar surface area (TPSA) is 66.2 Å².